The standard InChI is InChI=1S/C31H26N2O2.C25H21F3N2OS.C2H6.2H2/c1-21(2)25-12-6-7-13-26(25)28-20-33(29-15-9-8-14-27(28)29)31(35)32-24-18-16-23(17-19-24)30(34)22-10-4-3-5-11-22;1-16(2)19-7-3-4-8-20(19)22-15-30(23-10-6-5-9-21(22)23)24(31)29-17-11-13-18(14-12-17)32-25(26,27)28;1-2;;/h3-21H,1-2H3,(H,32,35);3-16H,1-2H3,(H,29,31);1-2H3;2*1H. The molecule has 0 fully saturated rings. The Morgan fingerprint density at radius 1 is 0.478 bits per heavy atom. The average molecular weight is 947 g/mol. The van der Waals surface area contributed by atoms with Gasteiger partial charge in [0.2, 0.25) is 0 Å². The highest BCUT2D eigenvalue weighted by atomic mass is 32.2. The van der Waals surface area contributed by atoms with Gasteiger partial charge in [-0.15, -0.1) is 0 Å². The molecule has 69 heavy (non-hydrogen) atoms. The summed E-state index contributed by atoms with van der Waals surface area (Å²) in [5, 5.41) is 7.73. The van der Waals surface area contributed by atoms with E-state index in [2.05, 4.69) is 74.7 Å². The van der Waals surface area contributed by atoms with Crippen LogP contribution < -0.4 is 10.6 Å². The number of ketones is 1. The Labute approximate surface area is 408 Å². The number of carbonyl (C=O) groups is 3. The molecule has 0 radical (unpaired) electrons. The molecular weight excluding hydrogens is 890 g/mol. The van der Waals surface area contributed by atoms with Crippen LogP contribution in [0.2, 0.25) is 0 Å². The van der Waals surface area contributed by atoms with Gasteiger partial charge in [0.25, 0.3) is 0 Å². The topological polar surface area (TPSA) is 85.1 Å². The first kappa shape index (κ1) is 49.3. The number of benzene rings is 7. The van der Waals surface area contributed by atoms with Gasteiger partial charge >= 0.3 is 17.6 Å². The third kappa shape index (κ3) is 11.6. The Hall–Kier alpha value is -7.63. The van der Waals surface area contributed by atoms with Gasteiger partial charge < -0.3 is 10.6 Å². The second-order valence-corrected chi connectivity index (χ2v) is 17.7. The van der Waals surface area contributed by atoms with E-state index in [-0.39, 0.29) is 37.4 Å². The van der Waals surface area contributed by atoms with Crippen LogP contribution in [0.1, 0.15) is 83.3 Å². The van der Waals surface area contributed by atoms with Crippen molar-refractivity contribution in [3.63, 3.8) is 0 Å². The maximum absolute atomic E-state index is 13.3. The van der Waals surface area contributed by atoms with Crippen LogP contribution in [0.15, 0.2) is 193 Å². The van der Waals surface area contributed by atoms with E-state index in [0.29, 0.717) is 34.3 Å². The van der Waals surface area contributed by atoms with Crippen LogP contribution in [0.25, 0.3) is 44.1 Å². The van der Waals surface area contributed by atoms with E-state index in [1.165, 1.54) is 35.4 Å². The summed E-state index contributed by atoms with van der Waals surface area (Å²) >= 11 is -0.187. The van der Waals surface area contributed by atoms with Crippen LogP contribution in [0.4, 0.5) is 34.1 Å². The Balaban J connectivity index is 0.000000249. The molecule has 354 valence electrons. The SMILES string of the molecule is CC.CC(C)c1ccccc1-c1cn(C(=O)Nc2ccc(C(=O)c3ccccc3)cc2)c2ccccc12.CC(C)c1ccccc1-c1cn(C(=O)Nc2ccc(SC(F)(F)F)cc2)c2ccccc12.[HH].[HH]. The third-order valence-corrected chi connectivity index (χ3v) is 12.1. The number of hydrogen-bond donors (Lipinski definition) is 2. The van der Waals surface area contributed by atoms with E-state index in [9.17, 15) is 27.6 Å². The molecule has 0 bridgehead atoms. The lowest BCUT2D eigenvalue weighted by atomic mass is 9.92. The maximum Gasteiger partial charge on any atom is 0.446 e. The number of rotatable bonds is 9. The molecule has 0 atom stereocenters. The van der Waals surface area contributed by atoms with Crippen LogP contribution in [0.5, 0.6) is 0 Å². The van der Waals surface area contributed by atoms with Gasteiger partial charge in [-0.2, -0.15) is 13.2 Å². The second kappa shape index (κ2) is 22.0. The fraction of sp³-hybridized carbons (Fsp3) is 0.155. The van der Waals surface area contributed by atoms with Gasteiger partial charge in [-0.25, -0.2) is 9.59 Å². The minimum Gasteiger partial charge on any atom is -0.307 e. The van der Waals surface area contributed by atoms with Crippen LogP contribution >= 0.6 is 11.8 Å². The van der Waals surface area contributed by atoms with Crippen molar-refractivity contribution < 1.29 is 30.4 Å². The second-order valence-electron chi connectivity index (χ2n) is 16.5. The third-order valence-electron chi connectivity index (χ3n) is 11.4. The predicted molar refractivity (Wildman–Crippen MR) is 282 cm³/mol. The Bertz CT molecular complexity index is 3220. The molecular formula is C58H57F3N4O3S. The highest BCUT2D eigenvalue weighted by Gasteiger charge is 2.29. The quantitative estimate of drug-likeness (QED) is 0.112. The largest absolute Gasteiger partial charge is 0.446 e. The molecule has 0 aliphatic rings. The predicted octanol–water partition coefficient (Wildman–Crippen LogP) is 17.4. The van der Waals surface area contributed by atoms with Crippen molar-refractivity contribution in [2.45, 2.75) is 63.8 Å². The number of aromatic nitrogens is 2. The van der Waals surface area contributed by atoms with Crippen molar-refractivity contribution in [3.8, 4) is 22.3 Å². The normalized spacial score (nSPS) is 11.2. The van der Waals surface area contributed by atoms with Crippen LogP contribution in [-0.2, 0) is 0 Å². The molecule has 9 rings (SSSR count). The molecule has 0 aliphatic carbocycles. The number of amides is 2. The number of fused-ring (bicyclic) bond motifs is 2. The number of hydrogen-bond acceptors (Lipinski definition) is 4. The monoisotopic (exact) mass is 946 g/mol. The van der Waals surface area contributed by atoms with Crippen LogP contribution in [-0.4, -0.2) is 32.5 Å². The molecule has 11 heteroatoms. The first-order valence-electron chi connectivity index (χ1n) is 22.8. The molecule has 0 saturated heterocycles. The van der Waals surface area contributed by atoms with Gasteiger partial charge in [0.1, 0.15) is 0 Å². The highest BCUT2D eigenvalue weighted by Crippen LogP contribution is 2.39. The molecule has 2 N–H and O–H groups in total. The first-order valence-corrected chi connectivity index (χ1v) is 23.6. The molecule has 0 saturated carbocycles. The Kier molecular flexibility index (Phi) is 15.7. The molecule has 0 unspecified atom stereocenters. The van der Waals surface area contributed by atoms with Crippen molar-refractivity contribution in [2.24, 2.45) is 0 Å². The highest BCUT2D eigenvalue weighted by molar-refractivity contribution is 8.00. The molecule has 7 aromatic carbocycles. The molecule has 9 aromatic rings. The lowest BCUT2D eigenvalue weighted by molar-refractivity contribution is -0.0328. The van der Waals surface area contributed by atoms with E-state index in [1.54, 1.807) is 45.5 Å². The summed E-state index contributed by atoms with van der Waals surface area (Å²) in [5.74, 6) is 0.628. The van der Waals surface area contributed by atoms with Crippen molar-refractivity contribution in [1.82, 2.24) is 9.13 Å². The van der Waals surface area contributed by atoms with Gasteiger partial charge in [-0.05, 0) is 107 Å². The minimum absolute atomic E-state index is 0. The molecule has 2 amide bonds. The Morgan fingerprint density at radius 2 is 0.855 bits per heavy atom. The van der Waals surface area contributed by atoms with Crippen molar-refractivity contribution in [1.29, 1.82) is 0 Å². The summed E-state index contributed by atoms with van der Waals surface area (Å²) in [4.78, 5) is 39.1. The number of alkyl halides is 3. The maximum atomic E-state index is 13.3. The van der Waals surface area contributed by atoms with Gasteiger partial charge in [0, 0.05) is 64.5 Å². The average Bonchev–Trinajstić information content (AvgIpc) is 3.95. The molecule has 7 nitrogen and oxygen atoms in total. The smallest absolute Gasteiger partial charge is 0.307 e. The first-order chi connectivity index (χ1) is 33.3. The number of thioether (sulfide) groups is 1. The number of halogens is 3. The summed E-state index contributed by atoms with van der Waals surface area (Å²) in [7, 11) is 0. The van der Waals surface area contributed by atoms with Crippen molar-refractivity contribution in [2.75, 3.05) is 10.6 Å². The van der Waals surface area contributed by atoms with Gasteiger partial charge in [-0.1, -0.05) is 157 Å². The minimum atomic E-state index is -4.35. The van der Waals surface area contributed by atoms with Gasteiger partial charge in [0.05, 0.1) is 11.0 Å². The summed E-state index contributed by atoms with van der Waals surface area (Å²) in [5.41, 5.74) is 6.13. The summed E-state index contributed by atoms with van der Waals surface area (Å²) in [6.07, 6.45) is 3.73. The summed E-state index contributed by atoms with van der Waals surface area (Å²) in [6.45, 7) is 12.6. The summed E-state index contributed by atoms with van der Waals surface area (Å²) < 4.78 is 40.8. The van der Waals surface area contributed by atoms with E-state index in [4.69, 9.17) is 0 Å². The zero-order chi connectivity index (χ0) is 49.2. The van der Waals surface area contributed by atoms with Crippen LogP contribution in [0, 0.1) is 0 Å². The van der Waals surface area contributed by atoms with Gasteiger partial charge in [-0.3, -0.25) is 13.9 Å². The number of carbonyl (C=O) groups excluding carboxylic acids is 3. The zero-order valence-corrected chi connectivity index (χ0v) is 40.0. The number of para-hydroxylation sites is 2. The molecule has 2 aromatic heterocycles. The fourth-order valence-electron chi connectivity index (χ4n) is 8.18. The molecule has 0 aliphatic heterocycles. The summed E-state index contributed by atoms with van der Waals surface area (Å²) in [6, 6.07) is 53.2. The van der Waals surface area contributed by atoms with E-state index < -0.39 is 5.51 Å². The lowest BCUT2D eigenvalue weighted by Gasteiger charge is -2.12. The number of anilines is 2. The lowest BCUT2D eigenvalue weighted by Crippen LogP contribution is -2.18. The van der Waals surface area contributed by atoms with Crippen molar-refractivity contribution in [3.05, 3.63) is 211 Å². The molecule has 0 spiro atoms. The van der Waals surface area contributed by atoms with E-state index in [0.717, 1.165) is 44.1 Å². The Morgan fingerprint density at radius 3 is 1.29 bits per heavy atom. The number of nitrogens with zero attached hydrogens (tertiary/aromatic N) is 2. The van der Waals surface area contributed by atoms with E-state index in [1.807, 2.05) is 105 Å². The fourth-order valence-corrected chi connectivity index (χ4v) is 8.72. The van der Waals surface area contributed by atoms with Crippen LogP contribution in [0.3, 0.4) is 0 Å². The van der Waals surface area contributed by atoms with Crippen molar-refractivity contribution >= 4 is 62.8 Å². The number of nitrogens with one attached hydrogen (secondary N) is 2. The van der Waals surface area contributed by atoms with Gasteiger partial charge in [0.15, 0.2) is 5.78 Å². The zero-order valence-electron chi connectivity index (χ0n) is 39.2. The molecule has 2 heterocycles. The van der Waals surface area contributed by atoms with E-state index >= 15 is 0 Å².